The lowest BCUT2D eigenvalue weighted by atomic mass is 9.91. The number of furan rings is 1. The van der Waals surface area contributed by atoms with E-state index < -0.39 is 0 Å². The molecular formula is C13H21NO2. The Kier molecular flexibility index (Phi) is 3.36. The molecule has 2 unspecified atom stereocenters. The van der Waals surface area contributed by atoms with Crippen molar-refractivity contribution >= 4 is 0 Å². The first-order chi connectivity index (χ1) is 7.65. The van der Waals surface area contributed by atoms with Gasteiger partial charge in [0, 0.05) is 6.61 Å². The second-order valence-electron chi connectivity index (χ2n) is 4.70. The SMILES string of the molecule is CCNC(c1ccc(C)o1)C1(C)CCCO1. The summed E-state index contributed by atoms with van der Waals surface area (Å²) in [5, 5.41) is 3.48. The van der Waals surface area contributed by atoms with Crippen LogP contribution in [0.2, 0.25) is 0 Å². The Morgan fingerprint density at radius 3 is 2.81 bits per heavy atom. The van der Waals surface area contributed by atoms with E-state index in [0.717, 1.165) is 37.5 Å². The van der Waals surface area contributed by atoms with Crippen LogP contribution in [0.1, 0.15) is 44.3 Å². The Balaban J connectivity index is 2.22. The maximum atomic E-state index is 5.90. The summed E-state index contributed by atoms with van der Waals surface area (Å²) in [6, 6.07) is 4.22. The number of likely N-dealkylation sites (N-methyl/N-ethyl adjacent to an activating group) is 1. The number of hydrogen-bond donors (Lipinski definition) is 1. The van der Waals surface area contributed by atoms with Crippen LogP contribution in [0.15, 0.2) is 16.5 Å². The minimum Gasteiger partial charge on any atom is -0.465 e. The first-order valence-corrected chi connectivity index (χ1v) is 6.09. The first kappa shape index (κ1) is 11.7. The molecule has 1 aromatic heterocycles. The lowest BCUT2D eigenvalue weighted by Crippen LogP contribution is -2.41. The van der Waals surface area contributed by atoms with Gasteiger partial charge in [-0.05, 0) is 45.4 Å². The Bertz CT molecular complexity index is 339. The van der Waals surface area contributed by atoms with Crippen molar-refractivity contribution in [2.45, 2.75) is 45.3 Å². The summed E-state index contributed by atoms with van der Waals surface area (Å²) in [5.41, 5.74) is -0.125. The molecule has 0 saturated carbocycles. The van der Waals surface area contributed by atoms with Crippen LogP contribution in [0.25, 0.3) is 0 Å². The Labute approximate surface area is 97.2 Å². The Morgan fingerprint density at radius 2 is 2.31 bits per heavy atom. The first-order valence-electron chi connectivity index (χ1n) is 6.09. The van der Waals surface area contributed by atoms with E-state index in [1.54, 1.807) is 0 Å². The molecule has 1 aromatic rings. The van der Waals surface area contributed by atoms with E-state index in [1.165, 1.54) is 0 Å². The molecule has 2 heterocycles. The van der Waals surface area contributed by atoms with Gasteiger partial charge >= 0.3 is 0 Å². The molecule has 0 spiro atoms. The minimum absolute atomic E-state index is 0.125. The molecule has 3 heteroatoms. The lowest BCUT2D eigenvalue weighted by molar-refractivity contribution is -0.0178. The zero-order chi connectivity index (χ0) is 11.6. The summed E-state index contributed by atoms with van der Waals surface area (Å²) in [6.45, 7) is 8.04. The van der Waals surface area contributed by atoms with E-state index >= 15 is 0 Å². The van der Waals surface area contributed by atoms with Gasteiger partial charge < -0.3 is 14.5 Å². The summed E-state index contributed by atoms with van der Waals surface area (Å²) in [7, 11) is 0. The Morgan fingerprint density at radius 1 is 1.50 bits per heavy atom. The number of aryl methyl sites for hydroxylation is 1. The van der Waals surface area contributed by atoms with Gasteiger partial charge in [0.05, 0.1) is 11.6 Å². The van der Waals surface area contributed by atoms with Crippen LogP contribution in [0.4, 0.5) is 0 Å². The molecule has 1 N–H and O–H groups in total. The van der Waals surface area contributed by atoms with Crippen molar-refractivity contribution in [3.05, 3.63) is 23.7 Å². The van der Waals surface area contributed by atoms with Crippen LogP contribution in [0.5, 0.6) is 0 Å². The highest BCUT2D eigenvalue weighted by Crippen LogP contribution is 2.37. The zero-order valence-corrected chi connectivity index (χ0v) is 10.4. The fraction of sp³-hybridized carbons (Fsp3) is 0.692. The van der Waals surface area contributed by atoms with E-state index in [1.807, 2.05) is 13.0 Å². The molecule has 0 aliphatic carbocycles. The van der Waals surface area contributed by atoms with Gasteiger partial charge in [-0.2, -0.15) is 0 Å². The monoisotopic (exact) mass is 223 g/mol. The molecule has 1 fully saturated rings. The average Bonchev–Trinajstić information content (AvgIpc) is 2.85. The highest BCUT2D eigenvalue weighted by atomic mass is 16.5. The highest BCUT2D eigenvalue weighted by Gasteiger charge is 2.40. The molecule has 0 radical (unpaired) electrons. The van der Waals surface area contributed by atoms with Crippen molar-refractivity contribution in [1.82, 2.24) is 5.32 Å². The molecule has 1 saturated heterocycles. The highest BCUT2D eigenvalue weighted by molar-refractivity contribution is 5.14. The van der Waals surface area contributed by atoms with E-state index in [-0.39, 0.29) is 11.6 Å². The number of rotatable bonds is 4. The molecule has 16 heavy (non-hydrogen) atoms. The van der Waals surface area contributed by atoms with E-state index in [4.69, 9.17) is 9.15 Å². The standard InChI is InChI=1S/C13H21NO2/c1-4-14-12(11-7-6-10(2)16-11)13(3)8-5-9-15-13/h6-7,12,14H,4-5,8-9H2,1-3H3. The molecule has 0 bridgehead atoms. The van der Waals surface area contributed by atoms with Gasteiger partial charge in [-0.25, -0.2) is 0 Å². The van der Waals surface area contributed by atoms with Crippen LogP contribution >= 0.6 is 0 Å². The van der Waals surface area contributed by atoms with Gasteiger partial charge in [0.2, 0.25) is 0 Å². The largest absolute Gasteiger partial charge is 0.465 e. The van der Waals surface area contributed by atoms with Crippen molar-refractivity contribution in [3.63, 3.8) is 0 Å². The van der Waals surface area contributed by atoms with Gasteiger partial charge in [0.25, 0.3) is 0 Å². The van der Waals surface area contributed by atoms with E-state index in [2.05, 4.69) is 25.2 Å². The molecule has 1 aliphatic rings. The van der Waals surface area contributed by atoms with Crippen LogP contribution in [-0.4, -0.2) is 18.8 Å². The van der Waals surface area contributed by atoms with Gasteiger partial charge in [-0.1, -0.05) is 6.92 Å². The summed E-state index contributed by atoms with van der Waals surface area (Å²) in [5.74, 6) is 1.95. The summed E-state index contributed by atoms with van der Waals surface area (Å²) in [6.07, 6.45) is 2.22. The maximum Gasteiger partial charge on any atom is 0.124 e. The predicted octanol–water partition coefficient (Wildman–Crippen LogP) is 2.81. The third-order valence-corrected chi connectivity index (χ3v) is 3.31. The second-order valence-corrected chi connectivity index (χ2v) is 4.70. The molecule has 2 rings (SSSR count). The smallest absolute Gasteiger partial charge is 0.124 e. The van der Waals surface area contributed by atoms with Gasteiger partial charge in [-0.15, -0.1) is 0 Å². The van der Waals surface area contributed by atoms with Crippen molar-refractivity contribution in [2.24, 2.45) is 0 Å². The van der Waals surface area contributed by atoms with Crippen molar-refractivity contribution in [1.29, 1.82) is 0 Å². The summed E-state index contributed by atoms with van der Waals surface area (Å²) < 4.78 is 11.6. The second kappa shape index (κ2) is 4.60. The zero-order valence-electron chi connectivity index (χ0n) is 10.4. The maximum absolute atomic E-state index is 5.90. The van der Waals surface area contributed by atoms with Crippen LogP contribution in [0.3, 0.4) is 0 Å². The number of hydrogen-bond acceptors (Lipinski definition) is 3. The molecule has 90 valence electrons. The molecule has 0 amide bonds. The number of nitrogens with one attached hydrogen (secondary N) is 1. The van der Waals surface area contributed by atoms with Crippen molar-refractivity contribution < 1.29 is 9.15 Å². The Hall–Kier alpha value is -0.800. The van der Waals surface area contributed by atoms with Gasteiger partial charge in [-0.3, -0.25) is 0 Å². The topological polar surface area (TPSA) is 34.4 Å². The van der Waals surface area contributed by atoms with Gasteiger partial charge in [0.1, 0.15) is 11.5 Å². The van der Waals surface area contributed by atoms with E-state index in [9.17, 15) is 0 Å². The van der Waals surface area contributed by atoms with Crippen LogP contribution in [0, 0.1) is 6.92 Å². The summed E-state index contributed by atoms with van der Waals surface area (Å²) >= 11 is 0. The summed E-state index contributed by atoms with van der Waals surface area (Å²) in [4.78, 5) is 0. The fourth-order valence-electron chi connectivity index (χ4n) is 2.46. The molecule has 3 nitrogen and oxygen atoms in total. The molecule has 1 aliphatic heterocycles. The molecule has 2 atom stereocenters. The minimum atomic E-state index is -0.125. The normalized spacial score (nSPS) is 27.2. The third kappa shape index (κ3) is 2.15. The van der Waals surface area contributed by atoms with Crippen molar-refractivity contribution in [2.75, 3.05) is 13.2 Å². The van der Waals surface area contributed by atoms with Crippen LogP contribution in [-0.2, 0) is 4.74 Å². The van der Waals surface area contributed by atoms with Crippen LogP contribution < -0.4 is 5.32 Å². The average molecular weight is 223 g/mol. The molecule has 0 aromatic carbocycles. The molecular weight excluding hydrogens is 202 g/mol. The predicted molar refractivity (Wildman–Crippen MR) is 63.5 cm³/mol. The quantitative estimate of drug-likeness (QED) is 0.852. The third-order valence-electron chi connectivity index (χ3n) is 3.31. The lowest BCUT2D eigenvalue weighted by Gasteiger charge is -2.32. The van der Waals surface area contributed by atoms with Crippen molar-refractivity contribution in [3.8, 4) is 0 Å². The number of ether oxygens (including phenoxy) is 1. The fourth-order valence-corrected chi connectivity index (χ4v) is 2.46. The van der Waals surface area contributed by atoms with Gasteiger partial charge in [0.15, 0.2) is 0 Å². The van der Waals surface area contributed by atoms with E-state index in [0.29, 0.717) is 0 Å².